The molecule has 0 heterocycles. The zero-order valence-corrected chi connectivity index (χ0v) is 7.29. The summed E-state index contributed by atoms with van der Waals surface area (Å²) in [5, 5.41) is 0. The largest absolute Gasteiger partial charge is 1.00 e. The third kappa shape index (κ3) is 23.0. The van der Waals surface area contributed by atoms with E-state index in [1.807, 2.05) is 0 Å². The van der Waals surface area contributed by atoms with E-state index in [1.54, 1.807) is 0 Å². The Morgan fingerprint density at radius 1 is 1.00 bits per heavy atom. The van der Waals surface area contributed by atoms with E-state index in [4.69, 9.17) is 9.32 Å². The molecule has 0 atom stereocenters. The molecule has 5 heteroatoms. The van der Waals surface area contributed by atoms with E-state index in [0.717, 1.165) is 0 Å². The first-order valence-corrected chi connectivity index (χ1v) is 1.01. The van der Waals surface area contributed by atoms with E-state index in [-0.39, 0.29) is 52.8 Å². The Kier molecular flexibility index (Phi) is 111. The summed E-state index contributed by atoms with van der Waals surface area (Å²) < 4.78 is 12.9. The fourth-order valence-corrected chi connectivity index (χ4v) is 0. The van der Waals surface area contributed by atoms with E-state index < -0.39 is 0 Å². The fourth-order valence-electron chi connectivity index (χ4n) is 0. The van der Waals surface area contributed by atoms with Gasteiger partial charge in [-0.1, -0.05) is 0 Å². The zero-order valence-electron chi connectivity index (χ0n) is 3.65. The minimum Gasteiger partial charge on any atom is -1.00 e. The molecule has 0 unspecified atom stereocenters. The van der Waals surface area contributed by atoms with Crippen LogP contribution in [0.1, 0.15) is 1.43 Å². The van der Waals surface area contributed by atoms with Crippen molar-refractivity contribution in [1.29, 1.82) is 0 Å². The van der Waals surface area contributed by atoms with Gasteiger partial charge in [0, 0.05) is 0 Å². The maximum atomic E-state index is 6.47. The van der Waals surface area contributed by atoms with Crippen molar-refractivity contribution in [2.24, 2.45) is 0 Å². The van der Waals surface area contributed by atoms with Crippen LogP contribution in [-0.2, 0) is 0 Å². The molecule has 2 nitrogen and oxygen atoms in total. The third-order valence-electron chi connectivity index (χ3n) is 0. The van der Waals surface area contributed by atoms with Gasteiger partial charge in [-0.15, -0.1) is 0 Å². The minimum atomic E-state index is 0. The molecule has 0 saturated carbocycles. The quantitative estimate of drug-likeness (QED) is 0.366. The molecular formula is H3Cl2KO2. The maximum absolute atomic E-state index is 6.47. The van der Waals surface area contributed by atoms with Crippen LogP contribution in [0.4, 0.5) is 0 Å². The predicted molar refractivity (Wildman–Crippen MR) is 17.3 cm³/mol. The van der Waals surface area contributed by atoms with Gasteiger partial charge < -0.3 is 1.43 Å². The number of rotatable bonds is 0. The normalized spacial score (nSPS) is 2.40. The average molecular weight is 145 g/mol. The van der Waals surface area contributed by atoms with Crippen LogP contribution in [0.5, 0.6) is 0 Å². The summed E-state index contributed by atoms with van der Waals surface area (Å²) in [6.45, 7) is 0. The molecule has 0 aromatic carbocycles. The molecule has 5 heavy (non-hydrogen) atoms. The molecule has 0 aliphatic rings. The molecule has 0 spiro atoms. The zero-order chi connectivity index (χ0) is 4.00. The molecule has 0 radical (unpaired) electrons. The number of hydrogen-bond donors (Lipinski definition) is 2. The van der Waals surface area contributed by atoms with Crippen molar-refractivity contribution in [3.63, 3.8) is 0 Å². The van der Waals surface area contributed by atoms with Gasteiger partial charge in [-0.3, -0.25) is 9.32 Å². The Bertz CT molecular complexity index is 11.5. The summed E-state index contributed by atoms with van der Waals surface area (Å²) in [7, 11) is 0. The van der Waals surface area contributed by atoms with E-state index in [1.165, 1.54) is 0 Å². The predicted octanol–water partition coefficient (Wildman–Crippen LogP) is -2.62. The SMILES string of the molecule is OCl.OCl.[H-].[K+]. The molecule has 0 rings (SSSR count). The van der Waals surface area contributed by atoms with Crippen LogP contribution in [0.15, 0.2) is 0 Å². The van der Waals surface area contributed by atoms with Gasteiger partial charge in [-0.05, 0) is 0 Å². The summed E-state index contributed by atoms with van der Waals surface area (Å²) in [5.41, 5.74) is 0. The van der Waals surface area contributed by atoms with E-state index in [0.29, 0.717) is 0 Å². The van der Waals surface area contributed by atoms with Gasteiger partial charge >= 0.3 is 51.4 Å². The van der Waals surface area contributed by atoms with Crippen LogP contribution in [0.2, 0.25) is 0 Å². The molecule has 0 amide bonds. The third-order valence-corrected chi connectivity index (χ3v) is 0. The molecule has 0 fully saturated rings. The van der Waals surface area contributed by atoms with Gasteiger partial charge in [-0.25, -0.2) is 0 Å². The first kappa shape index (κ1) is 15.7. The molecule has 0 aliphatic heterocycles. The molecule has 0 aromatic rings. The summed E-state index contributed by atoms with van der Waals surface area (Å²) in [6, 6.07) is 0. The molecule has 0 aromatic heterocycles. The van der Waals surface area contributed by atoms with Gasteiger partial charge in [0.2, 0.25) is 0 Å². The van der Waals surface area contributed by atoms with Crippen molar-refractivity contribution in [2.45, 2.75) is 0 Å². The van der Waals surface area contributed by atoms with Gasteiger partial charge in [0.05, 0.1) is 23.7 Å². The van der Waals surface area contributed by atoms with E-state index >= 15 is 0 Å². The maximum Gasteiger partial charge on any atom is 1.00 e. The number of halogens is 2. The monoisotopic (exact) mass is 144 g/mol. The van der Waals surface area contributed by atoms with E-state index in [2.05, 4.69) is 23.7 Å². The molecular weight excluding hydrogens is 142 g/mol. The van der Waals surface area contributed by atoms with Crippen LogP contribution >= 0.6 is 23.7 Å². The summed E-state index contributed by atoms with van der Waals surface area (Å²) in [5.74, 6) is 0. The van der Waals surface area contributed by atoms with Crippen LogP contribution in [0.25, 0.3) is 0 Å². The second-order valence-electron chi connectivity index (χ2n) is 0. The van der Waals surface area contributed by atoms with Gasteiger partial charge in [-0.2, -0.15) is 0 Å². The van der Waals surface area contributed by atoms with Gasteiger partial charge in [0.1, 0.15) is 0 Å². The smallest absolute Gasteiger partial charge is 1.00 e. The molecule has 2 N–H and O–H groups in total. The van der Waals surface area contributed by atoms with Crippen molar-refractivity contribution in [1.82, 2.24) is 0 Å². The molecule has 30 valence electrons. The molecule has 0 bridgehead atoms. The van der Waals surface area contributed by atoms with Gasteiger partial charge in [0.25, 0.3) is 0 Å². The van der Waals surface area contributed by atoms with Crippen molar-refractivity contribution >= 4 is 23.7 Å². The molecule has 0 saturated heterocycles. The summed E-state index contributed by atoms with van der Waals surface area (Å²) in [6.07, 6.45) is 0. The Hall–Kier alpha value is 2.14. The number of hydrogen-bond acceptors (Lipinski definition) is 2. The van der Waals surface area contributed by atoms with Crippen molar-refractivity contribution in [3.05, 3.63) is 0 Å². The van der Waals surface area contributed by atoms with Crippen LogP contribution in [0.3, 0.4) is 0 Å². The second kappa shape index (κ2) is 35.5. The average Bonchev–Trinajstić information content (AvgIpc) is 1.50. The van der Waals surface area contributed by atoms with Gasteiger partial charge in [0.15, 0.2) is 0 Å². The summed E-state index contributed by atoms with van der Waals surface area (Å²) >= 11 is 7.28. The van der Waals surface area contributed by atoms with Crippen LogP contribution < -0.4 is 51.4 Å². The van der Waals surface area contributed by atoms with Crippen LogP contribution in [-0.4, -0.2) is 9.32 Å². The first-order valence-electron chi connectivity index (χ1n) is 0.338. The topological polar surface area (TPSA) is 40.5 Å². The van der Waals surface area contributed by atoms with Crippen LogP contribution in [0, 0.1) is 0 Å². The van der Waals surface area contributed by atoms with Crippen molar-refractivity contribution in [3.8, 4) is 0 Å². The summed E-state index contributed by atoms with van der Waals surface area (Å²) in [4.78, 5) is 0. The Morgan fingerprint density at radius 3 is 1.00 bits per heavy atom. The second-order valence-corrected chi connectivity index (χ2v) is 0. The van der Waals surface area contributed by atoms with Crippen molar-refractivity contribution in [2.75, 3.05) is 0 Å². The first-order chi connectivity index (χ1) is 2.00. The molecule has 0 aliphatic carbocycles. The van der Waals surface area contributed by atoms with Crippen molar-refractivity contribution < 1.29 is 62.1 Å². The Labute approximate surface area is 84.3 Å². The Balaban J connectivity index is -0.00000000500. The van der Waals surface area contributed by atoms with E-state index in [9.17, 15) is 0 Å². The minimum absolute atomic E-state index is 0. The standard InChI is InChI=1S/2ClHO.K.H/c2*1-2;;/h2*2H;;/q;;+1;-1. The Morgan fingerprint density at radius 2 is 1.00 bits per heavy atom. The fraction of sp³-hybridized carbons (Fsp3) is 0.